The van der Waals surface area contributed by atoms with Crippen molar-refractivity contribution in [3.63, 3.8) is 0 Å². The first-order chi connectivity index (χ1) is 7.07. The van der Waals surface area contributed by atoms with E-state index in [0.29, 0.717) is 12.1 Å². The van der Waals surface area contributed by atoms with Crippen molar-refractivity contribution in [2.24, 2.45) is 0 Å². The van der Waals surface area contributed by atoms with Crippen LogP contribution in [0, 0.1) is 0 Å². The quantitative estimate of drug-likeness (QED) is 0.496. The van der Waals surface area contributed by atoms with Crippen molar-refractivity contribution in [3.8, 4) is 0 Å². The molecule has 0 bridgehead atoms. The van der Waals surface area contributed by atoms with E-state index in [1.807, 2.05) is 6.92 Å². The fraction of sp³-hybridized carbons (Fsp3) is 0.750. The molecule has 1 unspecified atom stereocenters. The standard InChI is InChI=1S/C12H23NO2/c1-5-6-9-15-11(4)7-8-13-12(14)10(2)3/h11H,2,5-9H2,1,3-4H3,(H,13,14). The molecule has 0 aromatic carbocycles. The Morgan fingerprint density at radius 3 is 2.73 bits per heavy atom. The molecular weight excluding hydrogens is 190 g/mol. The van der Waals surface area contributed by atoms with Gasteiger partial charge in [0.05, 0.1) is 6.10 Å². The van der Waals surface area contributed by atoms with Gasteiger partial charge in [-0.15, -0.1) is 0 Å². The molecule has 3 heteroatoms. The SMILES string of the molecule is C=C(C)C(=O)NCCC(C)OCCCC. The zero-order chi connectivity index (χ0) is 11.7. The van der Waals surface area contributed by atoms with Crippen molar-refractivity contribution < 1.29 is 9.53 Å². The Kier molecular flexibility index (Phi) is 8.01. The predicted molar refractivity (Wildman–Crippen MR) is 62.8 cm³/mol. The molecule has 1 N–H and O–H groups in total. The van der Waals surface area contributed by atoms with Crippen LogP contribution in [0.1, 0.15) is 40.0 Å². The number of hydrogen-bond acceptors (Lipinski definition) is 2. The van der Waals surface area contributed by atoms with E-state index in [4.69, 9.17) is 4.74 Å². The van der Waals surface area contributed by atoms with Crippen LogP contribution in [0.3, 0.4) is 0 Å². The van der Waals surface area contributed by atoms with Crippen molar-refractivity contribution in [1.29, 1.82) is 0 Å². The summed E-state index contributed by atoms with van der Waals surface area (Å²) in [7, 11) is 0. The number of amides is 1. The fourth-order valence-corrected chi connectivity index (χ4v) is 1.05. The largest absolute Gasteiger partial charge is 0.378 e. The van der Waals surface area contributed by atoms with Crippen molar-refractivity contribution in [3.05, 3.63) is 12.2 Å². The highest BCUT2D eigenvalue weighted by atomic mass is 16.5. The first kappa shape index (κ1) is 14.2. The summed E-state index contributed by atoms with van der Waals surface area (Å²) in [5.74, 6) is -0.0734. The minimum atomic E-state index is -0.0734. The van der Waals surface area contributed by atoms with Crippen LogP contribution in [-0.2, 0) is 9.53 Å². The summed E-state index contributed by atoms with van der Waals surface area (Å²) < 4.78 is 5.55. The molecule has 0 radical (unpaired) electrons. The molecule has 1 atom stereocenters. The molecule has 0 heterocycles. The number of carbonyl (C=O) groups is 1. The van der Waals surface area contributed by atoms with Crippen molar-refractivity contribution in [2.45, 2.75) is 46.1 Å². The third-order valence-corrected chi connectivity index (χ3v) is 2.12. The van der Waals surface area contributed by atoms with E-state index in [1.165, 1.54) is 0 Å². The van der Waals surface area contributed by atoms with Crippen LogP contribution in [0.2, 0.25) is 0 Å². The molecular formula is C12H23NO2. The van der Waals surface area contributed by atoms with Crippen LogP contribution >= 0.6 is 0 Å². The Morgan fingerprint density at radius 2 is 2.20 bits per heavy atom. The smallest absolute Gasteiger partial charge is 0.246 e. The molecule has 0 spiro atoms. The van der Waals surface area contributed by atoms with Gasteiger partial charge >= 0.3 is 0 Å². The molecule has 0 aliphatic carbocycles. The first-order valence-electron chi connectivity index (χ1n) is 5.63. The average Bonchev–Trinajstić information content (AvgIpc) is 2.18. The maximum atomic E-state index is 11.1. The Balaban J connectivity index is 3.42. The lowest BCUT2D eigenvalue weighted by molar-refractivity contribution is -0.117. The Hall–Kier alpha value is -0.830. The molecule has 15 heavy (non-hydrogen) atoms. The number of carbonyl (C=O) groups excluding carboxylic acids is 1. The van der Waals surface area contributed by atoms with Crippen LogP contribution in [0.15, 0.2) is 12.2 Å². The highest BCUT2D eigenvalue weighted by molar-refractivity contribution is 5.91. The van der Waals surface area contributed by atoms with E-state index in [9.17, 15) is 4.79 Å². The lowest BCUT2D eigenvalue weighted by atomic mass is 10.2. The lowest BCUT2D eigenvalue weighted by Crippen LogP contribution is -2.27. The molecule has 0 fully saturated rings. The normalized spacial score (nSPS) is 12.2. The van der Waals surface area contributed by atoms with E-state index in [2.05, 4.69) is 18.8 Å². The molecule has 0 rings (SSSR count). The van der Waals surface area contributed by atoms with Crippen LogP contribution in [0.4, 0.5) is 0 Å². The van der Waals surface area contributed by atoms with Crippen LogP contribution in [0.25, 0.3) is 0 Å². The summed E-state index contributed by atoms with van der Waals surface area (Å²) in [6, 6.07) is 0. The monoisotopic (exact) mass is 213 g/mol. The van der Waals surface area contributed by atoms with Crippen LogP contribution < -0.4 is 5.32 Å². The van der Waals surface area contributed by atoms with Gasteiger partial charge in [0.25, 0.3) is 0 Å². The van der Waals surface area contributed by atoms with Gasteiger partial charge in [-0.2, -0.15) is 0 Å². The Morgan fingerprint density at radius 1 is 1.53 bits per heavy atom. The van der Waals surface area contributed by atoms with Gasteiger partial charge in [-0.3, -0.25) is 4.79 Å². The second kappa shape index (κ2) is 8.48. The predicted octanol–water partition coefficient (Wildman–Crippen LogP) is 2.27. The molecule has 0 aromatic heterocycles. The second-order valence-electron chi connectivity index (χ2n) is 3.86. The van der Waals surface area contributed by atoms with Gasteiger partial charge < -0.3 is 10.1 Å². The van der Waals surface area contributed by atoms with Gasteiger partial charge in [0.15, 0.2) is 0 Å². The Bertz CT molecular complexity index is 202. The summed E-state index contributed by atoms with van der Waals surface area (Å²) in [6.45, 7) is 10.9. The van der Waals surface area contributed by atoms with Gasteiger partial charge in [-0.25, -0.2) is 0 Å². The van der Waals surface area contributed by atoms with Gasteiger partial charge in [0.1, 0.15) is 0 Å². The van der Waals surface area contributed by atoms with Crippen molar-refractivity contribution in [2.75, 3.05) is 13.2 Å². The average molecular weight is 213 g/mol. The van der Waals surface area contributed by atoms with Crippen LogP contribution in [0.5, 0.6) is 0 Å². The van der Waals surface area contributed by atoms with E-state index < -0.39 is 0 Å². The van der Waals surface area contributed by atoms with E-state index in [-0.39, 0.29) is 12.0 Å². The maximum absolute atomic E-state index is 11.1. The number of unbranched alkanes of at least 4 members (excludes halogenated alkanes) is 1. The molecule has 0 saturated carbocycles. The minimum absolute atomic E-state index is 0.0734. The number of hydrogen-bond donors (Lipinski definition) is 1. The summed E-state index contributed by atoms with van der Waals surface area (Å²) in [5, 5.41) is 2.78. The summed E-state index contributed by atoms with van der Waals surface area (Å²) in [4.78, 5) is 11.1. The van der Waals surface area contributed by atoms with Gasteiger partial charge in [0, 0.05) is 18.7 Å². The molecule has 0 aliphatic heterocycles. The molecule has 0 aliphatic rings. The van der Waals surface area contributed by atoms with Crippen LogP contribution in [-0.4, -0.2) is 25.2 Å². The van der Waals surface area contributed by atoms with E-state index >= 15 is 0 Å². The molecule has 1 amide bonds. The fourth-order valence-electron chi connectivity index (χ4n) is 1.05. The van der Waals surface area contributed by atoms with Gasteiger partial charge in [-0.05, 0) is 26.7 Å². The van der Waals surface area contributed by atoms with Gasteiger partial charge in [0.2, 0.25) is 5.91 Å². The van der Waals surface area contributed by atoms with E-state index in [1.54, 1.807) is 6.92 Å². The second-order valence-corrected chi connectivity index (χ2v) is 3.86. The topological polar surface area (TPSA) is 38.3 Å². The third kappa shape index (κ3) is 8.18. The summed E-state index contributed by atoms with van der Waals surface area (Å²) >= 11 is 0. The molecule has 3 nitrogen and oxygen atoms in total. The number of rotatable bonds is 8. The first-order valence-corrected chi connectivity index (χ1v) is 5.63. The highest BCUT2D eigenvalue weighted by Gasteiger charge is 2.04. The molecule has 88 valence electrons. The zero-order valence-electron chi connectivity index (χ0n) is 10.1. The lowest BCUT2D eigenvalue weighted by Gasteiger charge is -2.13. The Labute approximate surface area is 92.9 Å². The van der Waals surface area contributed by atoms with Crippen molar-refractivity contribution >= 4 is 5.91 Å². The van der Waals surface area contributed by atoms with Gasteiger partial charge in [-0.1, -0.05) is 19.9 Å². The maximum Gasteiger partial charge on any atom is 0.246 e. The zero-order valence-corrected chi connectivity index (χ0v) is 10.1. The van der Waals surface area contributed by atoms with E-state index in [0.717, 1.165) is 25.9 Å². The molecule has 0 aromatic rings. The number of nitrogens with one attached hydrogen (secondary N) is 1. The minimum Gasteiger partial charge on any atom is -0.378 e. The number of ether oxygens (including phenoxy) is 1. The summed E-state index contributed by atoms with van der Waals surface area (Å²) in [5.41, 5.74) is 0.551. The third-order valence-electron chi connectivity index (χ3n) is 2.12. The summed E-state index contributed by atoms with van der Waals surface area (Å²) in [6.07, 6.45) is 3.31. The molecule has 0 saturated heterocycles. The van der Waals surface area contributed by atoms with Crippen molar-refractivity contribution in [1.82, 2.24) is 5.32 Å². The highest BCUT2D eigenvalue weighted by Crippen LogP contribution is 1.99.